The van der Waals surface area contributed by atoms with Crippen molar-refractivity contribution < 1.29 is 0 Å². The second kappa shape index (κ2) is 12.0. The van der Waals surface area contributed by atoms with Crippen LogP contribution in [-0.2, 0) is 0 Å². The lowest BCUT2D eigenvalue weighted by Gasteiger charge is -2.54. The summed E-state index contributed by atoms with van der Waals surface area (Å²) in [4.78, 5) is 0. The number of hydrogen-bond acceptors (Lipinski definition) is 0. The minimum absolute atomic E-state index is 1.09. The van der Waals surface area contributed by atoms with E-state index in [1.165, 1.54) is 43.0 Å². The fourth-order valence-electron chi connectivity index (χ4n) is 8.91. The average Bonchev–Trinajstić information content (AvgIpc) is 3.08. The molecule has 0 aliphatic carbocycles. The Morgan fingerprint density at radius 1 is 0.447 bits per heavy atom. The minimum atomic E-state index is -2.88. The summed E-state index contributed by atoms with van der Waals surface area (Å²) in [5.74, 6) is 0. The van der Waals surface area contributed by atoms with Crippen LogP contribution in [0.5, 0.6) is 0 Å². The second-order valence-electron chi connectivity index (χ2n) is 14.8. The van der Waals surface area contributed by atoms with Crippen molar-refractivity contribution in [1.29, 1.82) is 0 Å². The standard InChI is InChI=1S/C43H46Si4/c1-32-28-42-38(30-40(32)44(3)4)39-31-41(45(5,6)7)33(2)29-43(39)47(36-24-16-10-17-25-36,37-26-18-11-19-27-37)46(42,34-20-12-8-13-21-34)35-22-14-9-15-23-35/h8-31,44H,1-7H3. The van der Waals surface area contributed by atoms with E-state index in [1.807, 2.05) is 0 Å². The molecule has 0 saturated heterocycles. The Bertz CT molecular complexity index is 1970. The lowest BCUT2D eigenvalue weighted by molar-refractivity contribution is 1.48. The predicted octanol–water partition coefficient (Wildman–Crippen LogP) is 5.24. The molecule has 0 amide bonds. The van der Waals surface area contributed by atoms with Gasteiger partial charge in [-0.25, -0.2) is 0 Å². The molecule has 1 aliphatic rings. The maximum atomic E-state index is 2.69. The van der Waals surface area contributed by atoms with E-state index >= 15 is 0 Å². The molecule has 6 aromatic carbocycles. The monoisotopic (exact) mass is 674 g/mol. The highest BCUT2D eigenvalue weighted by molar-refractivity contribution is 7.68. The van der Waals surface area contributed by atoms with Crippen molar-refractivity contribution in [2.45, 2.75) is 46.6 Å². The van der Waals surface area contributed by atoms with Gasteiger partial charge < -0.3 is 0 Å². The van der Waals surface area contributed by atoms with Gasteiger partial charge >= 0.3 is 0 Å². The molecule has 47 heavy (non-hydrogen) atoms. The Morgan fingerprint density at radius 3 is 1.13 bits per heavy atom. The van der Waals surface area contributed by atoms with Crippen LogP contribution >= 0.6 is 0 Å². The SMILES string of the molecule is Cc1cc2c(cc1[SiH](C)C)-c1cc([Si](C)(C)C)c(C)cc1[Si](c1ccccc1)(c1ccccc1)[Si]2(c1ccccc1)c1ccccc1. The normalized spacial score (nSPS) is 14.8. The lowest BCUT2D eigenvalue weighted by Crippen LogP contribution is -2.95. The molecule has 0 spiro atoms. The van der Waals surface area contributed by atoms with E-state index < -0.39 is 32.1 Å². The van der Waals surface area contributed by atoms with Crippen LogP contribution in [0.2, 0.25) is 32.7 Å². The molecule has 1 aliphatic heterocycles. The Morgan fingerprint density at radius 2 is 0.787 bits per heavy atom. The van der Waals surface area contributed by atoms with E-state index in [2.05, 4.69) is 192 Å². The third-order valence-corrected chi connectivity index (χ3v) is 31.5. The van der Waals surface area contributed by atoms with Gasteiger partial charge in [0.25, 0.3) is 0 Å². The average molecular weight is 675 g/mol. The maximum Gasteiger partial charge on any atom is 0.155 e. The molecule has 0 saturated carbocycles. The highest BCUT2D eigenvalue weighted by Crippen LogP contribution is 2.34. The first kappa shape index (κ1) is 31.8. The fraction of sp³-hybridized carbons (Fsp3) is 0.163. The zero-order chi connectivity index (χ0) is 33.0. The molecule has 234 valence electrons. The van der Waals surface area contributed by atoms with Gasteiger partial charge in [0, 0.05) is 0 Å². The van der Waals surface area contributed by atoms with Gasteiger partial charge in [-0.3, -0.25) is 0 Å². The molecule has 0 radical (unpaired) electrons. The van der Waals surface area contributed by atoms with Gasteiger partial charge in [0.2, 0.25) is 0 Å². The van der Waals surface area contributed by atoms with E-state index in [9.17, 15) is 0 Å². The molecule has 0 fully saturated rings. The maximum absolute atomic E-state index is 2.88. The van der Waals surface area contributed by atoms with Crippen molar-refractivity contribution in [3.05, 3.63) is 157 Å². The van der Waals surface area contributed by atoms with Crippen molar-refractivity contribution in [3.63, 3.8) is 0 Å². The third kappa shape index (κ3) is 4.80. The number of aryl methyl sites for hydroxylation is 2. The summed E-state index contributed by atoms with van der Waals surface area (Å²) >= 11 is 0. The first-order valence-corrected chi connectivity index (χ1v) is 28.5. The highest BCUT2D eigenvalue weighted by Gasteiger charge is 2.65. The summed E-state index contributed by atoms with van der Waals surface area (Å²) in [5, 5.41) is 12.4. The Balaban J connectivity index is 1.85. The topological polar surface area (TPSA) is 0 Å². The van der Waals surface area contributed by atoms with Crippen LogP contribution in [0, 0.1) is 13.8 Å². The molecular weight excluding hydrogens is 629 g/mol. The van der Waals surface area contributed by atoms with E-state index in [4.69, 9.17) is 0 Å². The fourth-order valence-corrected chi connectivity index (χ4v) is 32.4. The minimum Gasteiger partial charge on any atom is -0.0682 e. The zero-order valence-corrected chi connectivity index (χ0v) is 33.1. The summed E-state index contributed by atoms with van der Waals surface area (Å²) in [7, 11) is -8.49. The van der Waals surface area contributed by atoms with Crippen LogP contribution < -0.4 is 41.5 Å². The molecule has 1 heterocycles. The summed E-state index contributed by atoms with van der Waals surface area (Å²) in [6.45, 7) is 17.3. The van der Waals surface area contributed by atoms with Gasteiger partial charge in [-0.05, 0) is 35.3 Å². The molecule has 4 heteroatoms. The molecular formula is C43H46Si4. The van der Waals surface area contributed by atoms with Gasteiger partial charge in [0.05, 0.1) is 16.9 Å². The first-order chi connectivity index (χ1) is 22.6. The number of benzene rings is 6. The first-order valence-electron chi connectivity index (χ1n) is 17.1. The summed E-state index contributed by atoms with van der Waals surface area (Å²) < 4.78 is 0. The van der Waals surface area contributed by atoms with Crippen molar-refractivity contribution in [2.75, 3.05) is 0 Å². The van der Waals surface area contributed by atoms with Crippen LogP contribution in [0.4, 0.5) is 0 Å². The van der Waals surface area contributed by atoms with Gasteiger partial charge in [-0.1, -0.05) is 221 Å². The Hall–Kier alpha value is -3.81. The molecule has 7 rings (SSSR count). The van der Waals surface area contributed by atoms with E-state index in [-0.39, 0.29) is 0 Å². The van der Waals surface area contributed by atoms with E-state index in [1.54, 1.807) is 20.7 Å². The van der Waals surface area contributed by atoms with E-state index in [0.717, 1.165) is 0 Å². The number of fused-ring (bicyclic) bond motifs is 3. The summed E-state index contributed by atoms with van der Waals surface area (Å²) in [6.07, 6.45) is 0. The highest BCUT2D eigenvalue weighted by atomic mass is 29.3. The van der Waals surface area contributed by atoms with Crippen LogP contribution in [-0.4, -0.2) is 32.1 Å². The van der Waals surface area contributed by atoms with Gasteiger partial charge in [0.15, 0.2) is 15.2 Å². The van der Waals surface area contributed by atoms with Crippen molar-refractivity contribution in [1.82, 2.24) is 0 Å². The summed E-state index contributed by atoms with van der Waals surface area (Å²) in [6, 6.07) is 57.7. The number of hydrogen-bond donors (Lipinski definition) is 0. The molecule has 0 N–H and O–H groups in total. The molecule has 0 unspecified atom stereocenters. The van der Waals surface area contributed by atoms with Crippen molar-refractivity contribution in [3.8, 4) is 11.1 Å². The third-order valence-electron chi connectivity index (χ3n) is 10.7. The molecule has 0 nitrogen and oxygen atoms in total. The molecule has 0 atom stereocenters. The van der Waals surface area contributed by atoms with Crippen LogP contribution in [0.15, 0.2) is 146 Å². The van der Waals surface area contributed by atoms with Crippen LogP contribution in [0.3, 0.4) is 0 Å². The van der Waals surface area contributed by atoms with Gasteiger partial charge in [-0.2, -0.15) is 0 Å². The van der Waals surface area contributed by atoms with Crippen LogP contribution in [0.1, 0.15) is 11.1 Å². The summed E-state index contributed by atoms with van der Waals surface area (Å²) in [5.41, 5.74) is 5.92. The quantitative estimate of drug-likeness (QED) is 0.212. The number of rotatable bonds is 6. The molecule has 6 aromatic rings. The van der Waals surface area contributed by atoms with Crippen molar-refractivity contribution >= 4 is 73.5 Å². The van der Waals surface area contributed by atoms with Crippen LogP contribution in [0.25, 0.3) is 11.1 Å². The second-order valence-corrected chi connectivity index (χ2v) is 33.7. The molecule has 0 aromatic heterocycles. The smallest absolute Gasteiger partial charge is 0.0682 e. The zero-order valence-electron chi connectivity index (χ0n) is 28.9. The van der Waals surface area contributed by atoms with E-state index in [0.29, 0.717) is 0 Å². The molecule has 0 bridgehead atoms. The predicted molar refractivity (Wildman–Crippen MR) is 218 cm³/mol. The largest absolute Gasteiger partial charge is 0.155 e. The van der Waals surface area contributed by atoms with Crippen molar-refractivity contribution in [2.24, 2.45) is 0 Å². The lowest BCUT2D eigenvalue weighted by atomic mass is 10.0. The van der Waals surface area contributed by atoms with Gasteiger partial charge in [-0.15, -0.1) is 0 Å². The Kier molecular flexibility index (Phi) is 8.12. The van der Waals surface area contributed by atoms with Gasteiger partial charge in [0.1, 0.15) is 0 Å². The Labute approximate surface area is 286 Å².